The maximum absolute atomic E-state index is 12.7. The Labute approximate surface area is 191 Å². The maximum atomic E-state index is 12.7. The number of nitrogens with one attached hydrogen (secondary N) is 3. The summed E-state index contributed by atoms with van der Waals surface area (Å²) >= 11 is 5.89. The molecule has 0 radical (unpaired) electrons. The van der Waals surface area contributed by atoms with Crippen molar-refractivity contribution in [1.29, 1.82) is 0 Å². The van der Waals surface area contributed by atoms with Crippen molar-refractivity contribution in [3.8, 4) is 0 Å². The van der Waals surface area contributed by atoms with Crippen molar-refractivity contribution in [3.05, 3.63) is 82.9 Å². The monoisotopic (exact) mass is 493 g/mol. The molecule has 0 heterocycles. The molecule has 168 valence electrons. The number of halogens is 1. The molecule has 0 spiro atoms. The summed E-state index contributed by atoms with van der Waals surface area (Å²) in [4.78, 5) is 12.6. The van der Waals surface area contributed by atoms with Gasteiger partial charge in [0.15, 0.2) is 0 Å². The summed E-state index contributed by atoms with van der Waals surface area (Å²) in [5.41, 5.74) is 1.74. The van der Waals surface area contributed by atoms with Gasteiger partial charge in [-0.15, -0.1) is 0 Å². The summed E-state index contributed by atoms with van der Waals surface area (Å²) < 4.78 is 53.3. The van der Waals surface area contributed by atoms with Crippen LogP contribution in [0.3, 0.4) is 0 Å². The number of benzene rings is 3. The van der Waals surface area contributed by atoms with E-state index in [0.29, 0.717) is 22.0 Å². The molecule has 0 aromatic heterocycles. The van der Waals surface area contributed by atoms with Gasteiger partial charge in [0, 0.05) is 16.3 Å². The molecule has 3 aromatic carbocycles. The van der Waals surface area contributed by atoms with Gasteiger partial charge in [-0.05, 0) is 61.0 Å². The van der Waals surface area contributed by atoms with Crippen molar-refractivity contribution in [1.82, 2.24) is 0 Å². The largest absolute Gasteiger partial charge is 0.322 e. The summed E-state index contributed by atoms with van der Waals surface area (Å²) in [6.07, 6.45) is 1.03. The molecule has 0 saturated heterocycles. The van der Waals surface area contributed by atoms with Crippen LogP contribution in [0.4, 0.5) is 17.1 Å². The first-order chi connectivity index (χ1) is 14.9. The number of carbonyl (C=O) groups is 1. The lowest BCUT2D eigenvalue weighted by Gasteiger charge is -2.12. The summed E-state index contributed by atoms with van der Waals surface area (Å²) in [5.74, 6) is -0.557. The predicted octanol–water partition coefficient (Wildman–Crippen LogP) is 4.07. The Balaban J connectivity index is 1.82. The van der Waals surface area contributed by atoms with Crippen LogP contribution in [0, 0.1) is 6.92 Å². The van der Waals surface area contributed by atoms with Crippen LogP contribution in [0.15, 0.2) is 71.6 Å². The van der Waals surface area contributed by atoms with E-state index >= 15 is 0 Å². The Kier molecular flexibility index (Phi) is 6.77. The van der Waals surface area contributed by atoms with Crippen LogP contribution in [0.2, 0.25) is 5.02 Å². The van der Waals surface area contributed by atoms with Crippen molar-refractivity contribution in [3.63, 3.8) is 0 Å². The number of carbonyl (C=O) groups excluding carboxylic acids is 1. The van der Waals surface area contributed by atoms with Gasteiger partial charge in [-0.2, -0.15) is 0 Å². The molecule has 0 saturated carbocycles. The van der Waals surface area contributed by atoms with E-state index in [1.807, 2.05) is 0 Å². The van der Waals surface area contributed by atoms with E-state index in [2.05, 4.69) is 14.8 Å². The molecule has 3 N–H and O–H groups in total. The Morgan fingerprint density at radius 1 is 0.844 bits per heavy atom. The van der Waals surface area contributed by atoms with Gasteiger partial charge in [0.05, 0.1) is 22.5 Å². The topological polar surface area (TPSA) is 121 Å². The maximum Gasteiger partial charge on any atom is 0.261 e. The van der Waals surface area contributed by atoms with Crippen LogP contribution in [-0.4, -0.2) is 29.0 Å². The SMILES string of the molecule is Cc1ccc(NC(=O)c2cccc(S(=O)(=O)Nc3cccc(Cl)c3)c2)cc1NS(C)(=O)=O. The van der Waals surface area contributed by atoms with Gasteiger partial charge >= 0.3 is 0 Å². The standard InChI is InChI=1S/C21H20ClN3O5S2/c1-14-9-10-17(13-20(14)25-31(2,27)28)23-21(26)15-5-3-8-19(11-15)32(29,30)24-18-7-4-6-16(22)12-18/h3-13,24-25H,1-2H3,(H,23,26). The van der Waals surface area contributed by atoms with Gasteiger partial charge in [0.1, 0.15) is 0 Å². The number of sulfonamides is 2. The second-order valence-corrected chi connectivity index (χ2v) is 10.9. The van der Waals surface area contributed by atoms with Crippen LogP contribution >= 0.6 is 11.6 Å². The fourth-order valence-electron chi connectivity index (χ4n) is 2.78. The zero-order valence-corrected chi connectivity index (χ0v) is 19.5. The molecule has 0 aliphatic carbocycles. The second-order valence-electron chi connectivity index (χ2n) is 7.00. The fourth-order valence-corrected chi connectivity index (χ4v) is 4.69. The smallest absolute Gasteiger partial charge is 0.261 e. The summed E-state index contributed by atoms with van der Waals surface area (Å²) in [5, 5.41) is 3.02. The molecule has 3 rings (SSSR count). The van der Waals surface area contributed by atoms with Crippen LogP contribution in [0.5, 0.6) is 0 Å². The van der Waals surface area contributed by atoms with Crippen molar-refractivity contribution >= 4 is 54.6 Å². The molecular formula is C21H20ClN3O5S2. The molecule has 0 atom stereocenters. The molecule has 11 heteroatoms. The lowest BCUT2D eigenvalue weighted by atomic mass is 10.1. The molecule has 0 bridgehead atoms. The number of hydrogen-bond acceptors (Lipinski definition) is 5. The first-order valence-electron chi connectivity index (χ1n) is 9.21. The van der Waals surface area contributed by atoms with E-state index in [0.717, 1.165) is 6.26 Å². The highest BCUT2D eigenvalue weighted by Gasteiger charge is 2.17. The molecule has 3 aromatic rings. The first-order valence-corrected chi connectivity index (χ1v) is 13.0. The zero-order valence-electron chi connectivity index (χ0n) is 17.1. The number of amides is 1. The van der Waals surface area contributed by atoms with E-state index in [9.17, 15) is 21.6 Å². The predicted molar refractivity (Wildman–Crippen MR) is 126 cm³/mol. The third-order valence-electron chi connectivity index (χ3n) is 4.27. The average Bonchev–Trinajstić information content (AvgIpc) is 2.69. The Hall–Kier alpha value is -3.08. The van der Waals surface area contributed by atoms with E-state index in [4.69, 9.17) is 11.6 Å². The molecule has 0 fully saturated rings. The van der Waals surface area contributed by atoms with Crippen molar-refractivity contribution in [2.24, 2.45) is 0 Å². The Morgan fingerprint density at radius 2 is 1.56 bits per heavy atom. The molecular weight excluding hydrogens is 474 g/mol. The number of anilines is 3. The average molecular weight is 494 g/mol. The highest BCUT2D eigenvalue weighted by atomic mass is 35.5. The van der Waals surface area contributed by atoms with Crippen LogP contribution in [-0.2, 0) is 20.0 Å². The van der Waals surface area contributed by atoms with Gasteiger partial charge < -0.3 is 5.32 Å². The number of aryl methyl sites for hydroxylation is 1. The van der Waals surface area contributed by atoms with Gasteiger partial charge in [-0.3, -0.25) is 14.2 Å². The third kappa shape index (κ3) is 6.22. The quantitative estimate of drug-likeness (QED) is 0.458. The molecule has 1 amide bonds. The fraction of sp³-hybridized carbons (Fsp3) is 0.0952. The minimum Gasteiger partial charge on any atom is -0.322 e. The lowest BCUT2D eigenvalue weighted by molar-refractivity contribution is 0.102. The molecule has 0 unspecified atom stereocenters. The van der Waals surface area contributed by atoms with E-state index in [-0.39, 0.29) is 16.1 Å². The Bertz CT molecular complexity index is 1390. The van der Waals surface area contributed by atoms with Crippen molar-refractivity contribution in [2.45, 2.75) is 11.8 Å². The van der Waals surface area contributed by atoms with Gasteiger partial charge in [-0.1, -0.05) is 29.8 Å². The highest BCUT2D eigenvalue weighted by Crippen LogP contribution is 2.23. The van der Waals surface area contributed by atoms with Crippen LogP contribution in [0.25, 0.3) is 0 Å². The van der Waals surface area contributed by atoms with Gasteiger partial charge in [0.2, 0.25) is 10.0 Å². The van der Waals surface area contributed by atoms with Crippen molar-refractivity contribution < 1.29 is 21.6 Å². The third-order valence-corrected chi connectivity index (χ3v) is 6.48. The van der Waals surface area contributed by atoms with Crippen molar-refractivity contribution in [2.75, 3.05) is 21.0 Å². The molecule has 0 aliphatic heterocycles. The summed E-state index contributed by atoms with van der Waals surface area (Å²) in [6, 6.07) is 16.5. The van der Waals surface area contributed by atoms with Gasteiger partial charge in [-0.25, -0.2) is 16.8 Å². The second kappa shape index (κ2) is 9.19. The minimum atomic E-state index is -3.96. The van der Waals surface area contributed by atoms with Crippen LogP contribution in [0.1, 0.15) is 15.9 Å². The molecule has 32 heavy (non-hydrogen) atoms. The van der Waals surface area contributed by atoms with Gasteiger partial charge in [0.25, 0.3) is 15.9 Å². The number of hydrogen-bond donors (Lipinski definition) is 3. The van der Waals surface area contributed by atoms with Crippen LogP contribution < -0.4 is 14.8 Å². The lowest BCUT2D eigenvalue weighted by Crippen LogP contribution is -2.16. The molecule has 8 nitrogen and oxygen atoms in total. The zero-order chi connectivity index (χ0) is 23.5. The summed E-state index contributed by atoms with van der Waals surface area (Å²) in [6.45, 7) is 1.72. The van der Waals surface area contributed by atoms with E-state index < -0.39 is 26.0 Å². The van der Waals surface area contributed by atoms with E-state index in [1.165, 1.54) is 36.4 Å². The minimum absolute atomic E-state index is 0.103. The summed E-state index contributed by atoms with van der Waals surface area (Å²) in [7, 11) is -7.45. The highest BCUT2D eigenvalue weighted by molar-refractivity contribution is 7.92. The normalized spacial score (nSPS) is 11.6. The molecule has 0 aliphatic rings. The van der Waals surface area contributed by atoms with E-state index in [1.54, 1.807) is 37.3 Å². The number of rotatable bonds is 7. The first kappa shape index (κ1) is 23.6. The Morgan fingerprint density at radius 3 is 2.25 bits per heavy atom.